The first-order chi connectivity index (χ1) is 12.3. The number of hydrogen-bond acceptors (Lipinski definition) is 4. The van der Waals surface area contributed by atoms with Crippen LogP contribution >= 0.6 is 0 Å². The van der Waals surface area contributed by atoms with Crippen LogP contribution in [0.5, 0.6) is 0 Å². The Labute approximate surface area is 150 Å². The van der Waals surface area contributed by atoms with Crippen LogP contribution < -0.4 is 5.19 Å². The minimum Gasteiger partial charge on any atom is -0.390 e. The molecule has 3 aromatic rings. The van der Waals surface area contributed by atoms with Crippen LogP contribution in [0.15, 0.2) is 67.0 Å². The number of nitrogens with zero attached hydrogens (tertiary/aromatic N) is 2. The monoisotopic (exact) mass is 349 g/mol. The molecule has 4 nitrogen and oxygen atoms in total. The maximum Gasteiger partial charge on any atom is 0.423 e. The summed E-state index contributed by atoms with van der Waals surface area (Å²) < 4.78 is 11.5. The van der Waals surface area contributed by atoms with Crippen LogP contribution in [0, 0.1) is 0 Å². The summed E-state index contributed by atoms with van der Waals surface area (Å²) in [6.45, 7) is 5.23. The minimum absolute atomic E-state index is 0.635. The average Bonchev–Trinajstić information content (AvgIpc) is 2.69. The Hall–Kier alpha value is -2.34. The van der Waals surface area contributed by atoms with Crippen LogP contribution in [0.1, 0.15) is 13.8 Å². The van der Waals surface area contributed by atoms with Crippen molar-refractivity contribution in [1.29, 1.82) is 0 Å². The molecule has 0 aliphatic rings. The van der Waals surface area contributed by atoms with E-state index >= 15 is 0 Å². The predicted octanol–water partition coefficient (Wildman–Crippen LogP) is 3.58. The van der Waals surface area contributed by atoms with E-state index in [1.54, 1.807) is 6.20 Å². The molecule has 0 spiro atoms. The van der Waals surface area contributed by atoms with Crippen molar-refractivity contribution in [1.82, 2.24) is 9.97 Å². The highest BCUT2D eigenvalue weighted by Gasteiger charge is 2.19. The number of hydrogen-bond donors (Lipinski definition) is 0. The zero-order valence-corrected chi connectivity index (χ0v) is 15.5. The molecule has 2 aromatic heterocycles. The second-order valence-corrected chi connectivity index (χ2v) is 7.11. The highest BCUT2D eigenvalue weighted by Crippen LogP contribution is 2.20. The fraction of sp³-hybridized carbons (Fsp3) is 0.200. The van der Waals surface area contributed by atoms with E-state index in [9.17, 15) is 0 Å². The maximum absolute atomic E-state index is 5.77. The van der Waals surface area contributed by atoms with Crippen LogP contribution in [-0.2, 0) is 8.85 Å². The lowest BCUT2D eigenvalue weighted by Gasteiger charge is -2.13. The Kier molecular flexibility index (Phi) is 6.06. The SMILES string of the molecule is CCO[Si](OCC)c1ccnc(-c2ccc(-c3ccccc3)cn2)c1. The molecular weight excluding hydrogens is 328 g/mol. The number of pyridine rings is 2. The molecule has 2 heterocycles. The first-order valence-corrected chi connectivity index (χ1v) is 9.74. The van der Waals surface area contributed by atoms with Gasteiger partial charge in [-0.15, -0.1) is 0 Å². The van der Waals surface area contributed by atoms with E-state index in [1.165, 1.54) is 0 Å². The normalized spacial score (nSPS) is 11.0. The Balaban J connectivity index is 1.85. The Morgan fingerprint density at radius 2 is 1.56 bits per heavy atom. The van der Waals surface area contributed by atoms with Gasteiger partial charge in [-0.25, -0.2) is 0 Å². The summed E-state index contributed by atoms with van der Waals surface area (Å²) in [5.41, 5.74) is 3.92. The lowest BCUT2D eigenvalue weighted by Crippen LogP contribution is -2.37. The molecule has 3 rings (SSSR count). The van der Waals surface area contributed by atoms with Gasteiger partial charge in [0.1, 0.15) is 0 Å². The average molecular weight is 349 g/mol. The molecule has 0 unspecified atom stereocenters. The van der Waals surface area contributed by atoms with E-state index in [4.69, 9.17) is 8.85 Å². The lowest BCUT2D eigenvalue weighted by atomic mass is 10.1. The van der Waals surface area contributed by atoms with Gasteiger partial charge in [0.15, 0.2) is 0 Å². The van der Waals surface area contributed by atoms with Gasteiger partial charge < -0.3 is 8.85 Å². The smallest absolute Gasteiger partial charge is 0.390 e. The third-order valence-corrected chi connectivity index (χ3v) is 5.56. The van der Waals surface area contributed by atoms with Gasteiger partial charge in [-0.3, -0.25) is 9.97 Å². The summed E-state index contributed by atoms with van der Waals surface area (Å²) in [5, 5.41) is 1.05. The predicted molar refractivity (Wildman–Crippen MR) is 102 cm³/mol. The summed E-state index contributed by atoms with van der Waals surface area (Å²) in [5.74, 6) is 0. The van der Waals surface area contributed by atoms with Crippen LogP contribution in [0.2, 0.25) is 0 Å². The van der Waals surface area contributed by atoms with Gasteiger partial charge in [0.25, 0.3) is 0 Å². The molecule has 0 saturated carbocycles. The third kappa shape index (κ3) is 4.39. The molecule has 25 heavy (non-hydrogen) atoms. The molecule has 0 fully saturated rings. The fourth-order valence-electron chi connectivity index (χ4n) is 2.51. The van der Waals surface area contributed by atoms with Crippen LogP contribution in [-0.4, -0.2) is 32.5 Å². The van der Waals surface area contributed by atoms with Gasteiger partial charge in [0.2, 0.25) is 0 Å². The first kappa shape index (κ1) is 17.5. The van der Waals surface area contributed by atoms with Gasteiger partial charge in [-0.05, 0) is 42.8 Å². The van der Waals surface area contributed by atoms with E-state index in [1.807, 2.05) is 56.4 Å². The second-order valence-electron chi connectivity index (χ2n) is 5.38. The highest BCUT2D eigenvalue weighted by atomic mass is 28.3. The topological polar surface area (TPSA) is 44.2 Å². The van der Waals surface area contributed by atoms with Gasteiger partial charge in [0, 0.05) is 31.2 Å². The van der Waals surface area contributed by atoms with Crippen molar-refractivity contribution in [2.75, 3.05) is 13.2 Å². The third-order valence-electron chi connectivity index (χ3n) is 3.68. The number of aromatic nitrogens is 2. The summed E-state index contributed by atoms with van der Waals surface area (Å²) in [7, 11) is -1.47. The quantitative estimate of drug-likeness (QED) is 0.612. The van der Waals surface area contributed by atoms with E-state index < -0.39 is 9.28 Å². The number of rotatable bonds is 7. The summed E-state index contributed by atoms with van der Waals surface area (Å²) in [6.07, 6.45) is 3.68. The molecule has 0 amide bonds. The van der Waals surface area contributed by atoms with Crippen LogP contribution in [0.4, 0.5) is 0 Å². The van der Waals surface area contributed by atoms with Gasteiger partial charge >= 0.3 is 9.28 Å². The molecule has 1 radical (unpaired) electrons. The minimum atomic E-state index is -1.47. The van der Waals surface area contributed by atoms with Gasteiger partial charge in [-0.1, -0.05) is 36.4 Å². The zero-order valence-electron chi connectivity index (χ0n) is 14.5. The molecule has 0 aliphatic heterocycles. The molecule has 5 heteroatoms. The van der Waals surface area contributed by atoms with Crippen LogP contribution in [0.3, 0.4) is 0 Å². The molecule has 0 saturated heterocycles. The van der Waals surface area contributed by atoms with Crippen molar-refractivity contribution < 1.29 is 8.85 Å². The van der Waals surface area contributed by atoms with Crippen LogP contribution in [0.25, 0.3) is 22.5 Å². The van der Waals surface area contributed by atoms with E-state index in [2.05, 4.69) is 28.2 Å². The summed E-state index contributed by atoms with van der Waals surface area (Å²) in [4.78, 5) is 9.04. The Bertz CT molecular complexity index is 788. The summed E-state index contributed by atoms with van der Waals surface area (Å²) in [6, 6.07) is 18.3. The van der Waals surface area contributed by atoms with Crippen molar-refractivity contribution in [3.05, 3.63) is 67.0 Å². The molecule has 1 aromatic carbocycles. The standard InChI is InChI=1S/C20H21N2O2Si/c1-3-23-25(24-4-2)18-12-13-21-20(14-18)19-11-10-17(15-22-19)16-8-6-5-7-9-16/h5-15H,3-4H2,1-2H3. The van der Waals surface area contributed by atoms with Crippen molar-refractivity contribution in [3.8, 4) is 22.5 Å². The highest BCUT2D eigenvalue weighted by molar-refractivity contribution is 6.61. The van der Waals surface area contributed by atoms with Gasteiger partial charge in [0.05, 0.1) is 11.4 Å². The number of benzene rings is 1. The van der Waals surface area contributed by atoms with Crippen molar-refractivity contribution in [2.45, 2.75) is 13.8 Å². The molecule has 127 valence electrons. The summed E-state index contributed by atoms with van der Waals surface area (Å²) >= 11 is 0. The molecule has 0 atom stereocenters. The Morgan fingerprint density at radius 1 is 0.800 bits per heavy atom. The molecule has 0 bridgehead atoms. The van der Waals surface area contributed by atoms with Crippen molar-refractivity contribution in [3.63, 3.8) is 0 Å². The first-order valence-electron chi connectivity index (χ1n) is 8.42. The Morgan fingerprint density at radius 3 is 2.20 bits per heavy atom. The molecule has 0 aliphatic carbocycles. The zero-order chi connectivity index (χ0) is 17.5. The second kappa shape index (κ2) is 8.67. The van der Waals surface area contributed by atoms with E-state index in [-0.39, 0.29) is 0 Å². The molecular formula is C20H21N2O2Si. The largest absolute Gasteiger partial charge is 0.423 e. The van der Waals surface area contributed by atoms with E-state index in [0.717, 1.165) is 27.7 Å². The lowest BCUT2D eigenvalue weighted by molar-refractivity contribution is 0.225. The maximum atomic E-state index is 5.77. The van der Waals surface area contributed by atoms with Crippen molar-refractivity contribution >= 4 is 14.5 Å². The van der Waals surface area contributed by atoms with Gasteiger partial charge in [-0.2, -0.15) is 0 Å². The van der Waals surface area contributed by atoms with E-state index in [0.29, 0.717) is 13.2 Å². The van der Waals surface area contributed by atoms with Crippen molar-refractivity contribution in [2.24, 2.45) is 0 Å². The fourth-order valence-corrected chi connectivity index (χ4v) is 3.92. The molecule has 0 N–H and O–H groups in total.